The van der Waals surface area contributed by atoms with Gasteiger partial charge in [-0.25, -0.2) is 4.79 Å². The van der Waals surface area contributed by atoms with Gasteiger partial charge in [-0.15, -0.1) is 10.2 Å². The SMILES string of the molecule is CCOC(=O)c1ccc(Cl)c(NC(=O)CSc2nnc(CC(=O)Nc3ccc(C)cc3)n2CC)c1. The molecule has 0 aliphatic heterocycles. The molecule has 0 aliphatic carbocycles. The molecular weight excluding hydrogens is 490 g/mol. The number of benzene rings is 2. The van der Waals surface area contributed by atoms with E-state index in [-0.39, 0.29) is 30.6 Å². The number of nitrogens with zero attached hydrogens (tertiary/aromatic N) is 3. The highest BCUT2D eigenvalue weighted by Gasteiger charge is 2.17. The number of nitrogens with one attached hydrogen (secondary N) is 2. The molecule has 1 aromatic heterocycles. The van der Waals surface area contributed by atoms with E-state index in [1.807, 2.05) is 38.1 Å². The van der Waals surface area contributed by atoms with Crippen LogP contribution in [0.3, 0.4) is 0 Å². The number of rotatable bonds is 10. The summed E-state index contributed by atoms with van der Waals surface area (Å²) in [6.07, 6.45) is 0.0533. The molecule has 1 heterocycles. The number of hydrogen-bond acceptors (Lipinski definition) is 7. The maximum Gasteiger partial charge on any atom is 0.338 e. The molecule has 2 amide bonds. The number of aryl methyl sites for hydroxylation is 1. The summed E-state index contributed by atoms with van der Waals surface area (Å²) >= 11 is 7.35. The van der Waals surface area contributed by atoms with Crippen molar-refractivity contribution >= 4 is 52.5 Å². The Morgan fingerprint density at radius 1 is 1.03 bits per heavy atom. The van der Waals surface area contributed by atoms with E-state index in [4.69, 9.17) is 16.3 Å². The molecule has 0 saturated heterocycles. The fourth-order valence-electron chi connectivity index (χ4n) is 3.14. The number of hydrogen-bond donors (Lipinski definition) is 2. The van der Waals surface area contributed by atoms with Crippen LogP contribution in [-0.4, -0.2) is 44.9 Å². The van der Waals surface area contributed by atoms with E-state index in [0.717, 1.165) is 5.56 Å². The van der Waals surface area contributed by atoms with Gasteiger partial charge in [0.15, 0.2) is 5.16 Å². The smallest absolute Gasteiger partial charge is 0.338 e. The average Bonchev–Trinajstić information content (AvgIpc) is 3.21. The maximum absolute atomic E-state index is 12.5. The third-order valence-electron chi connectivity index (χ3n) is 4.85. The number of carbonyl (C=O) groups excluding carboxylic acids is 3. The van der Waals surface area contributed by atoms with Crippen molar-refractivity contribution in [2.75, 3.05) is 23.0 Å². The highest BCUT2D eigenvalue weighted by Crippen LogP contribution is 2.25. The monoisotopic (exact) mass is 515 g/mol. The molecule has 184 valence electrons. The lowest BCUT2D eigenvalue weighted by Gasteiger charge is -2.10. The van der Waals surface area contributed by atoms with E-state index in [1.165, 1.54) is 30.0 Å². The van der Waals surface area contributed by atoms with Crippen molar-refractivity contribution in [3.63, 3.8) is 0 Å². The van der Waals surface area contributed by atoms with Crippen LogP contribution >= 0.6 is 23.4 Å². The molecule has 0 aliphatic rings. The Morgan fingerprint density at radius 3 is 2.46 bits per heavy atom. The maximum atomic E-state index is 12.5. The van der Waals surface area contributed by atoms with Gasteiger partial charge in [-0.2, -0.15) is 0 Å². The van der Waals surface area contributed by atoms with E-state index in [2.05, 4.69) is 20.8 Å². The number of ether oxygens (including phenoxy) is 1. The molecule has 9 nitrogen and oxygen atoms in total. The van der Waals surface area contributed by atoms with Gasteiger partial charge in [0, 0.05) is 12.2 Å². The second-order valence-electron chi connectivity index (χ2n) is 7.49. The van der Waals surface area contributed by atoms with Crippen LogP contribution in [-0.2, 0) is 27.3 Å². The van der Waals surface area contributed by atoms with Crippen molar-refractivity contribution < 1.29 is 19.1 Å². The van der Waals surface area contributed by atoms with Gasteiger partial charge in [-0.3, -0.25) is 9.59 Å². The Morgan fingerprint density at radius 2 is 1.77 bits per heavy atom. The molecule has 35 heavy (non-hydrogen) atoms. The summed E-state index contributed by atoms with van der Waals surface area (Å²) in [5.41, 5.74) is 2.42. The third-order valence-corrected chi connectivity index (χ3v) is 6.14. The van der Waals surface area contributed by atoms with Crippen molar-refractivity contribution in [1.82, 2.24) is 14.8 Å². The first-order valence-corrected chi connectivity index (χ1v) is 12.3. The van der Waals surface area contributed by atoms with Crippen molar-refractivity contribution in [3.8, 4) is 0 Å². The molecule has 0 radical (unpaired) electrons. The summed E-state index contributed by atoms with van der Waals surface area (Å²) in [5.74, 6) is -0.494. The normalized spacial score (nSPS) is 10.6. The molecule has 0 spiro atoms. The number of halogens is 1. The Bertz CT molecular complexity index is 1210. The lowest BCUT2D eigenvalue weighted by atomic mass is 10.2. The predicted octanol–water partition coefficient (Wildman–Crippen LogP) is 4.35. The lowest BCUT2D eigenvalue weighted by molar-refractivity contribution is -0.116. The van der Waals surface area contributed by atoms with Gasteiger partial charge in [-0.1, -0.05) is 41.1 Å². The first-order valence-electron chi connectivity index (χ1n) is 11.0. The Balaban J connectivity index is 1.59. The Hall–Kier alpha value is -3.37. The van der Waals surface area contributed by atoms with Crippen LogP contribution < -0.4 is 10.6 Å². The van der Waals surface area contributed by atoms with Crippen molar-refractivity contribution in [2.45, 2.75) is 38.9 Å². The minimum absolute atomic E-state index is 0.0354. The summed E-state index contributed by atoms with van der Waals surface area (Å²) in [5, 5.41) is 14.6. The molecule has 2 N–H and O–H groups in total. The van der Waals surface area contributed by atoms with E-state index in [1.54, 1.807) is 11.5 Å². The zero-order chi connectivity index (χ0) is 25.4. The zero-order valence-electron chi connectivity index (χ0n) is 19.6. The van der Waals surface area contributed by atoms with Gasteiger partial charge >= 0.3 is 5.97 Å². The molecule has 0 bridgehead atoms. The van der Waals surface area contributed by atoms with Crippen LogP contribution in [0.25, 0.3) is 0 Å². The van der Waals surface area contributed by atoms with E-state index in [9.17, 15) is 14.4 Å². The zero-order valence-corrected chi connectivity index (χ0v) is 21.2. The fourth-order valence-corrected chi connectivity index (χ4v) is 4.12. The van der Waals surface area contributed by atoms with Crippen LogP contribution in [0.4, 0.5) is 11.4 Å². The van der Waals surface area contributed by atoms with Crippen molar-refractivity contribution in [2.24, 2.45) is 0 Å². The van der Waals surface area contributed by atoms with E-state index >= 15 is 0 Å². The number of amides is 2. The number of anilines is 2. The standard InChI is InChI=1S/C24H26ClN5O4S/c1-4-30-20(13-21(31)26-17-9-6-15(3)7-10-17)28-29-24(30)35-14-22(32)27-19-12-16(8-11-18(19)25)23(33)34-5-2/h6-12H,4-5,13-14H2,1-3H3,(H,26,31)(H,27,32). The fraction of sp³-hybridized carbons (Fsp3) is 0.292. The van der Waals surface area contributed by atoms with E-state index < -0.39 is 5.97 Å². The van der Waals surface area contributed by atoms with Gasteiger partial charge in [-0.05, 0) is 51.1 Å². The molecule has 2 aromatic carbocycles. The minimum Gasteiger partial charge on any atom is -0.462 e. The topological polar surface area (TPSA) is 115 Å². The minimum atomic E-state index is -0.496. The molecule has 0 unspecified atom stereocenters. The summed E-state index contributed by atoms with van der Waals surface area (Å²) < 4.78 is 6.77. The van der Waals surface area contributed by atoms with Crippen LogP contribution in [0, 0.1) is 6.92 Å². The first-order chi connectivity index (χ1) is 16.8. The average molecular weight is 516 g/mol. The molecule has 3 aromatic rings. The highest BCUT2D eigenvalue weighted by molar-refractivity contribution is 7.99. The molecule has 3 rings (SSSR count). The molecule has 0 atom stereocenters. The van der Waals surface area contributed by atoms with Gasteiger partial charge in [0.1, 0.15) is 5.82 Å². The number of thioether (sulfide) groups is 1. The van der Waals surface area contributed by atoms with Gasteiger partial charge in [0.2, 0.25) is 11.8 Å². The molecule has 11 heteroatoms. The van der Waals surface area contributed by atoms with Gasteiger partial charge < -0.3 is 19.9 Å². The highest BCUT2D eigenvalue weighted by atomic mass is 35.5. The second kappa shape index (κ2) is 12.4. The Kier molecular flexibility index (Phi) is 9.27. The largest absolute Gasteiger partial charge is 0.462 e. The molecular formula is C24H26ClN5O4S. The van der Waals surface area contributed by atoms with Gasteiger partial charge in [0.05, 0.1) is 35.1 Å². The van der Waals surface area contributed by atoms with Crippen molar-refractivity contribution in [1.29, 1.82) is 0 Å². The third kappa shape index (κ3) is 7.30. The van der Waals surface area contributed by atoms with Crippen LogP contribution in [0.2, 0.25) is 5.02 Å². The van der Waals surface area contributed by atoms with Crippen LogP contribution in [0.15, 0.2) is 47.6 Å². The van der Waals surface area contributed by atoms with E-state index in [0.29, 0.717) is 39.5 Å². The predicted molar refractivity (Wildman–Crippen MR) is 136 cm³/mol. The Labute approximate surface area is 212 Å². The molecule has 0 saturated carbocycles. The number of esters is 1. The summed E-state index contributed by atoms with van der Waals surface area (Å²) in [7, 11) is 0. The van der Waals surface area contributed by atoms with Crippen molar-refractivity contribution in [3.05, 3.63) is 64.4 Å². The summed E-state index contributed by atoms with van der Waals surface area (Å²) in [6.45, 7) is 6.38. The second-order valence-corrected chi connectivity index (χ2v) is 8.84. The summed E-state index contributed by atoms with van der Waals surface area (Å²) in [6, 6.07) is 12.1. The molecule has 0 fully saturated rings. The van der Waals surface area contributed by atoms with Gasteiger partial charge in [0.25, 0.3) is 0 Å². The van der Waals surface area contributed by atoms with Crippen LogP contribution in [0.5, 0.6) is 0 Å². The first kappa shape index (κ1) is 26.2. The lowest BCUT2D eigenvalue weighted by Crippen LogP contribution is -2.18. The number of aromatic nitrogens is 3. The summed E-state index contributed by atoms with van der Waals surface area (Å²) in [4.78, 5) is 36.9. The van der Waals surface area contributed by atoms with Crippen LogP contribution in [0.1, 0.15) is 35.6 Å². The number of carbonyl (C=O) groups is 3. The quantitative estimate of drug-likeness (QED) is 0.304.